The lowest BCUT2D eigenvalue weighted by atomic mass is 9.93. The first kappa shape index (κ1) is 22.2. The van der Waals surface area contributed by atoms with Gasteiger partial charge in [-0.15, -0.1) is 0 Å². The number of fused-ring (bicyclic) bond motifs is 2. The maximum absolute atomic E-state index is 13.4. The average Bonchev–Trinajstić information content (AvgIpc) is 3.45. The molecule has 1 aromatic heterocycles. The Morgan fingerprint density at radius 1 is 1.24 bits per heavy atom. The first-order valence-electron chi connectivity index (χ1n) is 11.8. The van der Waals surface area contributed by atoms with Gasteiger partial charge in [0.15, 0.2) is 0 Å². The standard InChI is InChI=1S/C26H28N4O4/c27-7-1-2-8-34-20-4-3-18-15-30(16-19(18)12-20)26(32)22-13-21-23(11-17-5-9-33-10-6-17)28-29-24(21)14-25(22)31/h3-4,12-14,17,31H,1-2,5-6,8-11,15-16H2,(H,28,29). The first-order chi connectivity index (χ1) is 16.6. The van der Waals surface area contributed by atoms with Crippen LogP contribution in [0.5, 0.6) is 11.5 Å². The number of amides is 1. The zero-order chi connectivity index (χ0) is 23.5. The normalized spacial score (nSPS) is 15.9. The number of rotatable bonds is 7. The maximum atomic E-state index is 13.4. The number of nitriles is 1. The number of hydrogen-bond donors (Lipinski definition) is 2. The van der Waals surface area contributed by atoms with Gasteiger partial charge in [-0.3, -0.25) is 9.89 Å². The number of nitrogens with one attached hydrogen (secondary N) is 1. The van der Waals surface area contributed by atoms with Crippen LogP contribution < -0.4 is 4.74 Å². The summed E-state index contributed by atoms with van der Waals surface area (Å²) in [4.78, 5) is 15.1. The predicted molar refractivity (Wildman–Crippen MR) is 125 cm³/mol. The lowest BCUT2D eigenvalue weighted by Crippen LogP contribution is -2.25. The van der Waals surface area contributed by atoms with Crippen molar-refractivity contribution in [3.8, 4) is 17.6 Å². The molecule has 176 valence electrons. The molecule has 2 aliphatic rings. The van der Waals surface area contributed by atoms with E-state index >= 15 is 0 Å². The van der Waals surface area contributed by atoms with E-state index in [2.05, 4.69) is 16.3 Å². The lowest BCUT2D eigenvalue weighted by Gasteiger charge is -2.21. The summed E-state index contributed by atoms with van der Waals surface area (Å²) in [7, 11) is 0. The van der Waals surface area contributed by atoms with E-state index in [0.717, 1.165) is 65.9 Å². The second-order valence-corrected chi connectivity index (χ2v) is 9.05. The molecule has 0 unspecified atom stereocenters. The molecule has 1 saturated heterocycles. The van der Waals surface area contributed by atoms with Crippen LogP contribution >= 0.6 is 0 Å². The van der Waals surface area contributed by atoms with E-state index in [0.29, 0.717) is 44.0 Å². The van der Waals surface area contributed by atoms with Crippen molar-refractivity contribution in [2.24, 2.45) is 5.92 Å². The third-order valence-corrected chi connectivity index (χ3v) is 6.70. The Labute approximate surface area is 198 Å². The first-order valence-corrected chi connectivity index (χ1v) is 11.8. The molecule has 2 aliphatic heterocycles. The van der Waals surface area contributed by atoms with Crippen LogP contribution in [-0.4, -0.2) is 45.9 Å². The Morgan fingerprint density at radius 2 is 2.06 bits per heavy atom. The van der Waals surface area contributed by atoms with Crippen molar-refractivity contribution in [2.45, 2.75) is 45.2 Å². The maximum Gasteiger partial charge on any atom is 0.258 e. The van der Waals surface area contributed by atoms with Crippen LogP contribution in [0.15, 0.2) is 30.3 Å². The van der Waals surface area contributed by atoms with Crippen LogP contribution in [0.1, 0.15) is 52.9 Å². The number of aromatic nitrogens is 2. The van der Waals surface area contributed by atoms with Gasteiger partial charge in [-0.2, -0.15) is 10.4 Å². The Kier molecular flexibility index (Phi) is 6.37. The number of phenols is 1. The number of unbranched alkanes of at least 4 members (excludes halogenated alkanes) is 1. The molecule has 0 spiro atoms. The van der Waals surface area contributed by atoms with E-state index < -0.39 is 0 Å². The number of carbonyl (C=O) groups is 1. The number of phenolic OH excluding ortho intramolecular Hbond substituents is 1. The SMILES string of the molecule is N#CCCCOc1ccc2c(c1)CN(C(=O)c1cc3c(CC4CCOCC4)n[nH]c3cc1O)C2. The summed E-state index contributed by atoms with van der Waals surface area (Å²) in [5, 5.41) is 27.6. The van der Waals surface area contributed by atoms with Gasteiger partial charge in [-0.1, -0.05) is 6.07 Å². The smallest absolute Gasteiger partial charge is 0.258 e. The van der Waals surface area contributed by atoms with Crippen molar-refractivity contribution in [3.05, 3.63) is 52.7 Å². The van der Waals surface area contributed by atoms with E-state index in [4.69, 9.17) is 14.7 Å². The molecular weight excluding hydrogens is 432 g/mol. The van der Waals surface area contributed by atoms with Crippen molar-refractivity contribution in [3.63, 3.8) is 0 Å². The number of ether oxygens (including phenoxy) is 2. The summed E-state index contributed by atoms with van der Waals surface area (Å²) >= 11 is 0. The fourth-order valence-corrected chi connectivity index (χ4v) is 4.77. The molecule has 8 nitrogen and oxygen atoms in total. The molecule has 2 N–H and O–H groups in total. The van der Waals surface area contributed by atoms with Gasteiger partial charge in [-0.05, 0) is 60.9 Å². The van der Waals surface area contributed by atoms with Gasteiger partial charge in [-0.25, -0.2) is 0 Å². The number of hydrogen-bond acceptors (Lipinski definition) is 6. The van der Waals surface area contributed by atoms with Gasteiger partial charge in [0, 0.05) is 44.2 Å². The van der Waals surface area contributed by atoms with Crippen LogP contribution in [0.25, 0.3) is 10.9 Å². The van der Waals surface area contributed by atoms with E-state index in [1.54, 1.807) is 17.0 Å². The molecule has 0 bridgehead atoms. The van der Waals surface area contributed by atoms with Gasteiger partial charge in [0.05, 0.1) is 29.5 Å². The molecule has 2 aromatic carbocycles. The van der Waals surface area contributed by atoms with Crippen molar-refractivity contribution in [1.29, 1.82) is 5.26 Å². The molecule has 3 aromatic rings. The van der Waals surface area contributed by atoms with Crippen LogP contribution in [0, 0.1) is 17.2 Å². The van der Waals surface area contributed by atoms with E-state index in [1.165, 1.54) is 0 Å². The van der Waals surface area contributed by atoms with Crippen LogP contribution in [0.4, 0.5) is 0 Å². The largest absolute Gasteiger partial charge is 0.507 e. The Balaban J connectivity index is 1.32. The number of aromatic amines is 1. The summed E-state index contributed by atoms with van der Waals surface area (Å²) in [6.07, 6.45) is 4.00. The minimum Gasteiger partial charge on any atom is -0.507 e. The third-order valence-electron chi connectivity index (χ3n) is 6.70. The van der Waals surface area contributed by atoms with Crippen molar-refractivity contribution in [1.82, 2.24) is 15.1 Å². The third kappa shape index (κ3) is 4.57. The fraction of sp³-hybridized carbons (Fsp3) is 0.423. The monoisotopic (exact) mass is 460 g/mol. The number of H-pyrrole nitrogens is 1. The van der Waals surface area contributed by atoms with Crippen molar-refractivity contribution < 1.29 is 19.4 Å². The van der Waals surface area contributed by atoms with Crippen molar-refractivity contribution in [2.75, 3.05) is 19.8 Å². The summed E-state index contributed by atoms with van der Waals surface area (Å²) in [6, 6.07) is 11.3. The molecule has 0 saturated carbocycles. The molecule has 0 aliphatic carbocycles. The van der Waals surface area contributed by atoms with Gasteiger partial charge in [0.2, 0.25) is 0 Å². The Bertz CT molecular complexity index is 1240. The highest BCUT2D eigenvalue weighted by molar-refractivity contribution is 6.01. The number of aromatic hydroxyl groups is 1. The molecule has 5 rings (SSSR count). The van der Waals surface area contributed by atoms with Crippen molar-refractivity contribution >= 4 is 16.8 Å². The topological polar surface area (TPSA) is 111 Å². The minimum absolute atomic E-state index is 0.0452. The summed E-state index contributed by atoms with van der Waals surface area (Å²) < 4.78 is 11.2. The summed E-state index contributed by atoms with van der Waals surface area (Å²) in [5.74, 6) is 1.01. The van der Waals surface area contributed by atoms with Gasteiger partial charge in [0.25, 0.3) is 5.91 Å². The molecular formula is C26H28N4O4. The van der Waals surface area contributed by atoms with Gasteiger partial charge < -0.3 is 19.5 Å². The van der Waals surface area contributed by atoms with Crippen LogP contribution in [-0.2, 0) is 24.2 Å². The highest BCUT2D eigenvalue weighted by Gasteiger charge is 2.27. The molecule has 1 fully saturated rings. The Morgan fingerprint density at radius 3 is 2.88 bits per heavy atom. The van der Waals surface area contributed by atoms with E-state index in [-0.39, 0.29) is 11.7 Å². The Hall–Kier alpha value is -3.57. The molecule has 0 atom stereocenters. The molecule has 1 amide bonds. The average molecular weight is 461 g/mol. The van der Waals surface area contributed by atoms with E-state index in [9.17, 15) is 9.90 Å². The predicted octanol–water partition coefficient (Wildman–Crippen LogP) is 4.08. The summed E-state index contributed by atoms with van der Waals surface area (Å²) in [6.45, 7) is 2.99. The fourth-order valence-electron chi connectivity index (χ4n) is 4.77. The number of nitrogens with zero attached hydrogens (tertiary/aromatic N) is 3. The van der Waals surface area contributed by atoms with Gasteiger partial charge in [0.1, 0.15) is 11.5 Å². The molecule has 34 heavy (non-hydrogen) atoms. The zero-order valence-electron chi connectivity index (χ0n) is 19.0. The highest BCUT2D eigenvalue weighted by atomic mass is 16.5. The molecule has 3 heterocycles. The lowest BCUT2D eigenvalue weighted by molar-refractivity contribution is 0.0663. The minimum atomic E-state index is -0.203. The quantitative estimate of drug-likeness (QED) is 0.514. The number of benzene rings is 2. The molecule has 8 heteroatoms. The highest BCUT2D eigenvalue weighted by Crippen LogP contribution is 2.33. The van der Waals surface area contributed by atoms with E-state index in [1.807, 2.05) is 18.2 Å². The second-order valence-electron chi connectivity index (χ2n) is 9.05. The second kappa shape index (κ2) is 9.74. The zero-order valence-corrected chi connectivity index (χ0v) is 19.0. The van der Waals surface area contributed by atoms with Crippen LogP contribution in [0.3, 0.4) is 0 Å². The van der Waals surface area contributed by atoms with Gasteiger partial charge >= 0.3 is 0 Å². The number of carbonyl (C=O) groups excluding carboxylic acids is 1. The summed E-state index contributed by atoms with van der Waals surface area (Å²) in [5.41, 5.74) is 4.07. The molecule has 0 radical (unpaired) electrons. The van der Waals surface area contributed by atoms with Crippen LogP contribution in [0.2, 0.25) is 0 Å².